The number of carbonyl (C=O) groups excluding carboxylic acids is 2. The maximum absolute atomic E-state index is 12.4. The SMILES string of the molecule is CC[C@H](C(=O)O[C@H](C)C(=O)Nc1ncc(Cl)cc1Cl)c1ccccc1. The summed E-state index contributed by atoms with van der Waals surface area (Å²) < 4.78 is 5.31. The number of nitrogens with zero attached hydrogens (tertiary/aromatic N) is 1. The number of carbonyl (C=O) groups is 2. The smallest absolute Gasteiger partial charge is 0.314 e. The van der Waals surface area contributed by atoms with Gasteiger partial charge in [-0.2, -0.15) is 0 Å². The highest BCUT2D eigenvalue weighted by Crippen LogP contribution is 2.24. The van der Waals surface area contributed by atoms with E-state index in [1.165, 1.54) is 19.2 Å². The van der Waals surface area contributed by atoms with Crippen molar-refractivity contribution in [2.24, 2.45) is 0 Å². The van der Waals surface area contributed by atoms with Gasteiger partial charge in [0.25, 0.3) is 5.91 Å². The van der Waals surface area contributed by atoms with E-state index in [1.807, 2.05) is 37.3 Å². The molecule has 2 rings (SSSR count). The second-order valence-corrected chi connectivity index (χ2v) is 6.27. The maximum atomic E-state index is 12.4. The Morgan fingerprint density at radius 1 is 1.24 bits per heavy atom. The van der Waals surface area contributed by atoms with Crippen molar-refractivity contribution in [2.75, 3.05) is 5.32 Å². The number of ether oxygens (including phenoxy) is 1. The Kier molecular flexibility index (Phi) is 6.79. The third-order valence-corrected chi connectivity index (χ3v) is 4.10. The van der Waals surface area contributed by atoms with Crippen LogP contribution in [0.15, 0.2) is 42.6 Å². The van der Waals surface area contributed by atoms with Gasteiger partial charge in [-0.25, -0.2) is 4.98 Å². The molecule has 0 radical (unpaired) electrons. The van der Waals surface area contributed by atoms with Gasteiger partial charge >= 0.3 is 5.97 Å². The van der Waals surface area contributed by atoms with Gasteiger partial charge in [0.1, 0.15) is 0 Å². The zero-order valence-electron chi connectivity index (χ0n) is 13.8. The number of aromatic nitrogens is 1. The van der Waals surface area contributed by atoms with Crippen LogP contribution in [-0.2, 0) is 14.3 Å². The van der Waals surface area contributed by atoms with Crippen LogP contribution in [0.3, 0.4) is 0 Å². The van der Waals surface area contributed by atoms with Crippen LogP contribution in [0.25, 0.3) is 0 Å². The molecular formula is C18H18Cl2N2O3. The van der Waals surface area contributed by atoms with Gasteiger partial charge in [0.15, 0.2) is 11.9 Å². The number of hydrogen-bond acceptors (Lipinski definition) is 4. The Hall–Kier alpha value is -2.11. The van der Waals surface area contributed by atoms with Crippen LogP contribution in [0.1, 0.15) is 31.7 Å². The van der Waals surface area contributed by atoms with Gasteiger partial charge in [-0.1, -0.05) is 60.5 Å². The van der Waals surface area contributed by atoms with Crippen LogP contribution in [0.5, 0.6) is 0 Å². The molecule has 5 nitrogen and oxygen atoms in total. The predicted molar refractivity (Wildman–Crippen MR) is 97.9 cm³/mol. The van der Waals surface area contributed by atoms with Crippen molar-refractivity contribution in [3.8, 4) is 0 Å². The number of esters is 1. The number of anilines is 1. The second kappa shape index (κ2) is 8.83. The Bertz CT molecular complexity index is 753. The fourth-order valence-corrected chi connectivity index (χ4v) is 2.69. The molecule has 2 atom stereocenters. The van der Waals surface area contributed by atoms with Gasteiger partial charge in [-0.15, -0.1) is 0 Å². The number of nitrogens with one attached hydrogen (secondary N) is 1. The lowest BCUT2D eigenvalue weighted by Crippen LogP contribution is -2.32. The van der Waals surface area contributed by atoms with Gasteiger partial charge in [0, 0.05) is 6.20 Å². The van der Waals surface area contributed by atoms with E-state index >= 15 is 0 Å². The van der Waals surface area contributed by atoms with Crippen LogP contribution in [-0.4, -0.2) is 23.0 Å². The van der Waals surface area contributed by atoms with Crippen molar-refractivity contribution >= 4 is 40.9 Å². The van der Waals surface area contributed by atoms with Gasteiger partial charge in [-0.05, 0) is 25.0 Å². The van der Waals surface area contributed by atoms with Gasteiger partial charge in [0.2, 0.25) is 0 Å². The summed E-state index contributed by atoms with van der Waals surface area (Å²) in [6, 6.07) is 10.8. The number of pyridine rings is 1. The summed E-state index contributed by atoms with van der Waals surface area (Å²) in [6.45, 7) is 3.38. The minimum Gasteiger partial charge on any atom is -0.452 e. The molecule has 1 heterocycles. The monoisotopic (exact) mass is 380 g/mol. The highest BCUT2D eigenvalue weighted by atomic mass is 35.5. The van der Waals surface area contributed by atoms with Crippen LogP contribution >= 0.6 is 23.2 Å². The van der Waals surface area contributed by atoms with E-state index in [2.05, 4.69) is 10.3 Å². The van der Waals surface area contributed by atoms with Crippen LogP contribution in [0, 0.1) is 0 Å². The molecule has 1 aromatic carbocycles. The molecule has 1 N–H and O–H groups in total. The minimum absolute atomic E-state index is 0.161. The molecule has 0 bridgehead atoms. The summed E-state index contributed by atoms with van der Waals surface area (Å²) >= 11 is 11.7. The van der Waals surface area contributed by atoms with Crippen molar-refractivity contribution in [1.29, 1.82) is 0 Å². The number of benzene rings is 1. The van der Waals surface area contributed by atoms with E-state index in [4.69, 9.17) is 27.9 Å². The standard InChI is InChI=1S/C18H18Cl2N2O3/c1-3-14(12-7-5-4-6-8-12)18(24)25-11(2)17(23)22-16-15(20)9-13(19)10-21-16/h4-11,14H,3H2,1-2H3,(H,21,22,23)/t11-,14+/m1/s1. The van der Waals surface area contributed by atoms with Crippen molar-refractivity contribution in [2.45, 2.75) is 32.3 Å². The minimum atomic E-state index is -0.987. The van der Waals surface area contributed by atoms with Crippen molar-refractivity contribution < 1.29 is 14.3 Å². The van der Waals surface area contributed by atoms with Crippen LogP contribution in [0.2, 0.25) is 10.0 Å². The molecule has 0 fully saturated rings. The van der Waals surface area contributed by atoms with E-state index in [1.54, 1.807) is 0 Å². The molecule has 2 aromatic rings. The van der Waals surface area contributed by atoms with Crippen molar-refractivity contribution in [3.63, 3.8) is 0 Å². The van der Waals surface area contributed by atoms with E-state index in [0.717, 1.165) is 5.56 Å². The number of halogens is 2. The normalized spacial score (nSPS) is 13.0. The first-order valence-corrected chi connectivity index (χ1v) is 8.55. The molecule has 0 aliphatic rings. The van der Waals surface area contributed by atoms with E-state index < -0.39 is 23.9 Å². The molecule has 25 heavy (non-hydrogen) atoms. The molecule has 1 amide bonds. The molecule has 0 spiro atoms. The number of hydrogen-bond donors (Lipinski definition) is 1. The summed E-state index contributed by atoms with van der Waals surface area (Å²) in [5.74, 6) is -1.23. The van der Waals surface area contributed by atoms with Crippen molar-refractivity contribution in [3.05, 3.63) is 58.2 Å². The second-order valence-electron chi connectivity index (χ2n) is 5.42. The average molecular weight is 381 g/mol. The molecule has 0 aliphatic carbocycles. The van der Waals surface area contributed by atoms with E-state index in [9.17, 15) is 9.59 Å². The summed E-state index contributed by atoms with van der Waals surface area (Å²) in [6.07, 6.45) is 0.947. The average Bonchev–Trinajstić information content (AvgIpc) is 2.58. The summed E-state index contributed by atoms with van der Waals surface area (Å²) in [7, 11) is 0. The first kappa shape index (κ1) is 19.2. The lowest BCUT2D eigenvalue weighted by Gasteiger charge is -2.18. The molecule has 1 aromatic heterocycles. The summed E-state index contributed by atoms with van der Waals surface area (Å²) in [5, 5.41) is 3.08. The predicted octanol–water partition coefficient (Wildman–Crippen LogP) is 4.45. The molecule has 0 unspecified atom stereocenters. The first-order chi connectivity index (χ1) is 11.9. The largest absolute Gasteiger partial charge is 0.452 e. The Labute approximate surface area is 156 Å². The lowest BCUT2D eigenvalue weighted by molar-refractivity contribution is -0.154. The molecule has 0 aliphatic heterocycles. The van der Waals surface area contributed by atoms with Crippen LogP contribution < -0.4 is 5.32 Å². The summed E-state index contributed by atoms with van der Waals surface area (Å²) in [5.41, 5.74) is 0.852. The topological polar surface area (TPSA) is 68.3 Å². The highest BCUT2D eigenvalue weighted by molar-refractivity contribution is 6.36. The van der Waals surface area contributed by atoms with Gasteiger partial charge in [-0.3, -0.25) is 9.59 Å². The zero-order chi connectivity index (χ0) is 18.4. The number of amides is 1. The molecule has 0 saturated carbocycles. The quantitative estimate of drug-likeness (QED) is 0.751. The van der Waals surface area contributed by atoms with Crippen LogP contribution in [0.4, 0.5) is 5.82 Å². The lowest BCUT2D eigenvalue weighted by atomic mass is 9.97. The Balaban J connectivity index is 2.01. The molecule has 0 saturated heterocycles. The highest BCUT2D eigenvalue weighted by Gasteiger charge is 2.25. The fourth-order valence-electron chi connectivity index (χ4n) is 2.26. The Morgan fingerprint density at radius 3 is 2.52 bits per heavy atom. The molecular weight excluding hydrogens is 363 g/mol. The third-order valence-electron chi connectivity index (χ3n) is 3.61. The fraction of sp³-hybridized carbons (Fsp3) is 0.278. The first-order valence-electron chi connectivity index (χ1n) is 7.79. The Morgan fingerprint density at radius 2 is 1.92 bits per heavy atom. The summed E-state index contributed by atoms with van der Waals surface area (Å²) in [4.78, 5) is 28.5. The third kappa shape index (κ3) is 5.18. The molecule has 7 heteroatoms. The number of rotatable bonds is 6. The van der Waals surface area contributed by atoms with E-state index in [-0.39, 0.29) is 10.8 Å². The van der Waals surface area contributed by atoms with E-state index in [0.29, 0.717) is 11.4 Å². The van der Waals surface area contributed by atoms with Gasteiger partial charge in [0.05, 0.1) is 16.0 Å². The molecule has 132 valence electrons. The van der Waals surface area contributed by atoms with Crippen molar-refractivity contribution in [1.82, 2.24) is 4.98 Å². The maximum Gasteiger partial charge on any atom is 0.314 e. The zero-order valence-corrected chi connectivity index (χ0v) is 15.3. The van der Waals surface area contributed by atoms with Gasteiger partial charge < -0.3 is 10.1 Å².